The predicted molar refractivity (Wildman–Crippen MR) is 67.9 cm³/mol. The molecule has 2 N–H and O–H groups in total. The van der Waals surface area contributed by atoms with Crippen LogP contribution in [0.5, 0.6) is 0 Å². The Morgan fingerprint density at radius 1 is 1.00 bits per heavy atom. The summed E-state index contributed by atoms with van der Waals surface area (Å²) in [5, 5.41) is 0. The Morgan fingerprint density at radius 2 is 1.53 bits per heavy atom. The Morgan fingerprint density at radius 3 is 1.93 bits per heavy atom. The van der Waals surface area contributed by atoms with E-state index in [0.717, 1.165) is 0 Å². The summed E-state index contributed by atoms with van der Waals surface area (Å²) in [7, 11) is 0. The minimum atomic E-state index is 0.117. The lowest BCUT2D eigenvalue weighted by molar-refractivity contribution is 0.161. The van der Waals surface area contributed by atoms with E-state index in [-0.39, 0.29) is 5.54 Å². The first-order valence-corrected chi connectivity index (χ1v) is 6.82. The van der Waals surface area contributed by atoms with E-state index in [1.165, 1.54) is 57.8 Å². The van der Waals surface area contributed by atoms with Gasteiger partial charge in [0.2, 0.25) is 0 Å². The van der Waals surface area contributed by atoms with Gasteiger partial charge in [0.25, 0.3) is 0 Å². The maximum Gasteiger partial charge on any atom is 0.0125 e. The molecule has 0 saturated heterocycles. The fraction of sp³-hybridized carbons (Fsp3) is 1.00. The van der Waals surface area contributed by atoms with E-state index in [1.807, 2.05) is 0 Å². The monoisotopic (exact) mass is 211 g/mol. The third kappa shape index (κ3) is 3.79. The average Bonchev–Trinajstić information content (AvgIpc) is 2.14. The van der Waals surface area contributed by atoms with Crippen molar-refractivity contribution in [1.29, 1.82) is 0 Å². The van der Waals surface area contributed by atoms with E-state index in [4.69, 9.17) is 5.73 Å². The first kappa shape index (κ1) is 13.0. The van der Waals surface area contributed by atoms with Crippen LogP contribution in [0.4, 0.5) is 0 Å². The Balaban J connectivity index is 2.55. The second kappa shape index (κ2) is 5.34. The molecule has 0 bridgehead atoms. The molecule has 0 amide bonds. The van der Waals surface area contributed by atoms with Crippen molar-refractivity contribution in [3.8, 4) is 0 Å². The van der Waals surface area contributed by atoms with Gasteiger partial charge in [-0.2, -0.15) is 0 Å². The second-order valence-corrected chi connectivity index (χ2v) is 5.96. The molecule has 90 valence electrons. The lowest BCUT2D eigenvalue weighted by Crippen LogP contribution is -2.38. The van der Waals surface area contributed by atoms with Crippen LogP contribution < -0.4 is 5.73 Å². The standard InChI is InChI=1S/C14H29N/c1-4-8-14(5-2)11-6-9-13(3,15)10-7-12-14/h4-12,15H2,1-3H3. The zero-order valence-corrected chi connectivity index (χ0v) is 10.9. The Hall–Kier alpha value is -0.0400. The van der Waals surface area contributed by atoms with Crippen molar-refractivity contribution in [2.24, 2.45) is 11.1 Å². The molecule has 0 aromatic carbocycles. The maximum absolute atomic E-state index is 6.25. The normalized spacial score (nSPS) is 38.4. The zero-order valence-electron chi connectivity index (χ0n) is 10.9. The average molecular weight is 211 g/mol. The largest absolute Gasteiger partial charge is 0.325 e. The highest BCUT2D eigenvalue weighted by atomic mass is 14.7. The number of hydrogen-bond donors (Lipinski definition) is 1. The third-order valence-electron chi connectivity index (χ3n) is 4.44. The van der Waals surface area contributed by atoms with Crippen LogP contribution in [0.25, 0.3) is 0 Å². The first-order chi connectivity index (χ1) is 7.04. The van der Waals surface area contributed by atoms with Crippen molar-refractivity contribution in [2.45, 2.75) is 84.1 Å². The van der Waals surface area contributed by atoms with Crippen molar-refractivity contribution >= 4 is 0 Å². The molecule has 15 heavy (non-hydrogen) atoms. The summed E-state index contributed by atoms with van der Waals surface area (Å²) in [5.74, 6) is 0. The van der Waals surface area contributed by atoms with Crippen LogP contribution >= 0.6 is 0 Å². The van der Waals surface area contributed by atoms with Crippen molar-refractivity contribution in [3.05, 3.63) is 0 Å². The van der Waals surface area contributed by atoms with Gasteiger partial charge in [-0.25, -0.2) is 0 Å². The van der Waals surface area contributed by atoms with Gasteiger partial charge in [0.1, 0.15) is 0 Å². The molecule has 1 aliphatic rings. The minimum Gasteiger partial charge on any atom is -0.325 e. The highest BCUT2D eigenvalue weighted by Crippen LogP contribution is 2.42. The molecule has 1 aliphatic carbocycles. The highest BCUT2D eigenvalue weighted by Gasteiger charge is 2.31. The molecule has 1 saturated carbocycles. The van der Waals surface area contributed by atoms with E-state index in [1.54, 1.807) is 0 Å². The van der Waals surface area contributed by atoms with Gasteiger partial charge < -0.3 is 5.73 Å². The van der Waals surface area contributed by atoms with Crippen LogP contribution in [0.15, 0.2) is 0 Å². The Labute approximate surface area is 95.8 Å². The van der Waals surface area contributed by atoms with Gasteiger partial charge in [-0.3, -0.25) is 0 Å². The smallest absolute Gasteiger partial charge is 0.0125 e. The molecule has 1 rings (SSSR count). The molecule has 0 atom stereocenters. The summed E-state index contributed by atoms with van der Waals surface area (Å²) in [6.45, 7) is 6.92. The van der Waals surface area contributed by atoms with Crippen LogP contribution in [0.2, 0.25) is 0 Å². The summed E-state index contributed by atoms with van der Waals surface area (Å²) in [6, 6.07) is 0. The van der Waals surface area contributed by atoms with E-state index >= 15 is 0 Å². The van der Waals surface area contributed by atoms with E-state index in [0.29, 0.717) is 5.41 Å². The molecule has 0 unspecified atom stereocenters. The molecule has 0 heterocycles. The Bertz CT molecular complexity index is 172. The number of hydrogen-bond acceptors (Lipinski definition) is 1. The Kier molecular flexibility index (Phi) is 4.64. The van der Waals surface area contributed by atoms with Gasteiger partial charge in [-0.15, -0.1) is 0 Å². The lowest BCUT2D eigenvalue weighted by Gasteiger charge is -2.38. The van der Waals surface area contributed by atoms with Gasteiger partial charge in [-0.05, 0) is 44.4 Å². The summed E-state index contributed by atoms with van der Waals surface area (Å²) in [5.41, 5.74) is 7.03. The molecule has 1 nitrogen and oxygen atoms in total. The molecule has 0 radical (unpaired) electrons. The van der Waals surface area contributed by atoms with E-state index in [9.17, 15) is 0 Å². The van der Waals surface area contributed by atoms with Crippen molar-refractivity contribution < 1.29 is 0 Å². The molecule has 0 spiro atoms. The zero-order chi connectivity index (χ0) is 11.4. The van der Waals surface area contributed by atoms with Crippen molar-refractivity contribution in [2.75, 3.05) is 0 Å². The number of nitrogens with two attached hydrogens (primary N) is 1. The molecule has 0 aliphatic heterocycles. The summed E-state index contributed by atoms with van der Waals surface area (Å²) >= 11 is 0. The van der Waals surface area contributed by atoms with Crippen molar-refractivity contribution in [3.63, 3.8) is 0 Å². The topological polar surface area (TPSA) is 26.0 Å². The fourth-order valence-corrected chi connectivity index (χ4v) is 3.30. The SMILES string of the molecule is CCCC1(CC)CCCC(C)(N)CCC1. The quantitative estimate of drug-likeness (QED) is 0.742. The van der Waals surface area contributed by atoms with E-state index in [2.05, 4.69) is 20.8 Å². The number of rotatable bonds is 3. The van der Waals surface area contributed by atoms with Crippen molar-refractivity contribution in [1.82, 2.24) is 0 Å². The molecule has 1 heteroatoms. The first-order valence-electron chi connectivity index (χ1n) is 6.82. The van der Waals surface area contributed by atoms with Crippen LogP contribution in [0, 0.1) is 5.41 Å². The van der Waals surface area contributed by atoms with Crippen LogP contribution in [0.3, 0.4) is 0 Å². The second-order valence-electron chi connectivity index (χ2n) is 5.96. The van der Waals surface area contributed by atoms with Gasteiger partial charge in [0, 0.05) is 5.54 Å². The summed E-state index contributed by atoms with van der Waals surface area (Å²) in [4.78, 5) is 0. The van der Waals surface area contributed by atoms with Gasteiger partial charge >= 0.3 is 0 Å². The summed E-state index contributed by atoms with van der Waals surface area (Å²) < 4.78 is 0. The van der Waals surface area contributed by atoms with Gasteiger partial charge in [-0.1, -0.05) is 39.5 Å². The predicted octanol–water partition coefficient (Wildman–Crippen LogP) is 4.25. The maximum atomic E-state index is 6.25. The molecular weight excluding hydrogens is 182 g/mol. The van der Waals surface area contributed by atoms with Gasteiger partial charge in [0.15, 0.2) is 0 Å². The third-order valence-corrected chi connectivity index (χ3v) is 4.44. The highest BCUT2D eigenvalue weighted by molar-refractivity contribution is 4.86. The van der Waals surface area contributed by atoms with Crippen LogP contribution in [-0.4, -0.2) is 5.54 Å². The molecule has 0 aromatic rings. The van der Waals surface area contributed by atoms with Crippen LogP contribution in [-0.2, 0) is 0 Å². The van der Waals surface area contributed by atoms with Gasteiger partial charge in [0.05, 0.1) is 0 Å². The lowest BCUT2D eigenvalue weighted by atomic mass is 9.69. The molecular formula is C14H29N. The molecule has 1 fully saturated rings. The fourth-order valence-electron chi connectivity index (χ4n) is 3.30. The summed E-state index contributed by atoms with van der Waals surface area (Å²) in [6.07, 6.45) is 12.0. The molecule has 0 aromatic heterocycles. The van der Waals surface area contributed by atoms with E-state index < -0.39 is 0 Å². The van der Waals surface area contributed by atoms with Crippen LogP contribution in [0.1, 0.15) is 78.6 Å². The minimum absolute atomic E-state index is 0.117.